The van der Waals surface area contributed by atoms with Gasteiger partial charge in [0, 0.05) is 50.6 Å². The van der Waals surface area contributed by atoms with Crippen molar-refractivity contribution in [3.63, 3.8) is 0 Å². The first-order chi connectivity index (χ1) is 31.3. The quantitative estimate of drug-likeness (QED) is 0.164. The number of nitrogens with zero attached hydrogens (tertiary/aromatic N) is 3. The van der Waals surface area contributed by atoms with Gasteiger partial charge in [0.05, 0.1) is 11.1 Å². The van der Waals surface area contributed by atoms with Crippen LogP contribution in [0.5, 0.6) is 0 Å². The highest BCUT2D eigenvalue weighted by molar-refractivity contribution is 7.00. The molecule has 4 aliphatic heterocycles. The van der Waals surface area contributed by atoms with Crippen LogP contribution < -0.4 is 31.1 Å². The molecule has 0 amide bonds. The summed E-state index contributed by atoms with van der Waals surface area (Å²) < 4.78 is 0. The molecule has 0 saturated heterocycles. The summed E-state index contributed by atoms with van der Waals surface area (Å²) in [6.45, 7) is 19.6. The summed E-state index contributed by atoms with van der Waals surface area (Å²) in [6, 6.07) is 57.6. The molecule has 3 nitrogen and oxygen atoms in total. The molecular weight excluding hydrogens is 786 g/mol. The molecule has 65 heavy (non-hydrogen) atoms. The van der Waals surface area contributed by atoms with Crippen LogP contribution in [-0.2, 0) is 28.2 Å². The molecule has 0 N–H and O–H groups in total. The fraction of sp³-hybridized carbons (Fsp3) is 0.311. The molecule has 4 heterocycles. The topological polar surface area (TPSA) is 9.72 Å². The summed E-state index contributed by atoms with van der Waals surface area (Å²) in [6.07, 6.45) is 6.88. The molecule has 0 bridgehead atoms. The first-order valence-corrected chi connectivity index (χ1v) is 24.5. The zero-order valence-corrected chi connectivity index (χ0v) is 39.5. The zero-order valence-electron chi connectivity index (χ0n) is 39.5. The molecule has 0 aromatic heterocycles. The predicted octanol–water partition coefficient (Wildman–Crippen LogP) is 13.3. The van der Waals surface area contributed by atoms with Crippen LogP contribution in [-0.4, -0.2) is 12.3 Å². The van der Waals surface area contributed by atoms with Gasteiger partial charge in [-0.1, -0.05) is 161 Å². The second-order valence-electron chi connectivity index (χ2n) is 22.3. The van der Waals surface area contributed by atoms with E-state index in [0.29, 0.717) is 0 Å². The average Bonchev–Trinajstić information content (AvgIpc) is 3.68. The third-order valence-corrected chi connectivity index (χ3v) is 18.0. The second-order valence-corrected chi connectivity index (χ2v) is 22.3. The Morgan fingerprint density at radius 3 is 2.02 bits per heavy atom. The maximum absolute atomic E-state index is 2.95. The number of hydrogen-bond donors (Lipinski definition) is 0. The van der Waals surface area contributed by atoms with E-state index in [1.165, 1.54) is 114 Å². The molecule has 7 aromatic rings. The third kappa shape index (κ3) is 4.83. The minimum atomic E-state index is -0.322. The van der Waals surface area contributed by atoms with Gasteiger partial charge < -0.3 is 14.7 Å². The van der Waals surface area contributed by atoms with Crippen LogP contribution in [0.15, 0.2) is 146 Å². The average molecular weight is 846 g/mol. The Kier molecular flexibility index (Phi) is 7.93. The van der Waals surface area contributed by atoms with Gasteiger partial charge in [0.25, 0.3) is 6.71 Å². The van der Waals surface area contributed by atoms with Gasteiger partial charge in [-0.2, -0.15) is 0 Å². The third-order valence-electron chi connectivity index (χ3n) is 18.0. The number of rotatable bonds is 3. The number of fused-ring (bicyclic) bond motifs is 12. The van der Waals surface area contributed by atoms with Crippen molar-refractivity contribution in [3.05, 3.63) is 190 Å². The number of aryl methyl sites for hydroxylation is 3. The van der Waals surface area contributed by atoms with Crippen LogP contribution in [0, 0.1) is 13.8 Å². The molecule has 4 atom stereocenters. The first-order valence-electron chi connectivity index (χ1n) is 24.5. The maximum Gasteiger partial charge on any atom is 0.252 e. The lowest BCUT2D eigenvalue weighted by molar-refractivity contribution is 0.215. The van der Waals surface area contributed by atoms with Gasteiger partial charge in [0.15, 0.2) is 0 Å². The van der Waals surface area contributed by atoms with Crippen molar-refractivity contribution < 1.29 is 0 Å². The smallest absolute Gasteiger partial charge is 0.252 e. The Hall–Kier alpha value is -6.00. The SMILES string of the molecule is Cc1ccc(N2c3ccc(C)cc3B3c4cc(C(C)(C)C)cc5c4N(c4cc(N6c7ccccc7C7(C)CCc8ccccc8C67C)cc2c43)C2(C)CCCCC52c2ccccc2)cc1. The molecule has 6 aliphatic rings. The Bertz CT molecular complexity index is 3150. The summed E-state index contributed by atoms with van der Waals surface area (Å²) in [5, 5.41) is 0. The van der Waals surface area contributed by atoms with E-state index in [2.05, 4.69) is 216 Å². The van der Waals surface area contributed by atoms with Crippen molar-refractivity contribution in [2.24, 2.45) is 0 Å². The lowest BCUT2D eigenvalue weighted by atomic mass is 9.33. The van der Waals surface area contributed by atoms with E-state index in [4.69, 9.17) is 0 Å². The van der Waals surface area contributed by atoms with Crippen LogP contribution in [0.1, 0.15) is 118 Å². The zero-order chi connectivity index (χ0) is 44.4. The Morgan fingerprint density at radius 2 is 1.23 bits per heavy atom. The van der Waals surface area contributed by atoms with E-state index in [-0.39, 0.29) is 34.0 Å². The Balaban J connectivity index is 1.19. The van der Waals surface area contributed by atoms with Crippen molar-refractivity contribution in [1.29, 1.82) is 0 Å². The van der Waals surface area contributed by atoms with E-state index < -0.39 is 0 Å². The number of para-hydroxylation sites is 1. The van der Waals surface area contributed by atoms with Gasteiger partial charge in [-0.25, -0.2) is 0 Å². The second kappa shape index (κ2) is 13.1. The van der Waals surface area contributed by atoms with Crippen LogP contribution in [0.2, 0.25) is 0 Å². The first kappa shape index (κ1) is 39.4. The van der Waals surface area contributed by atoms with Crippen LogP contribution >= 0.6 is 0 Å². The van der Waals surface area contributed by atoms with Crippen molar-refractivity contribution in [2.75, 3.05) is 14.7 Å². The molecule has 4 heteroatoms. The largest absolute Gasteiger partial charge is 0.335 e. The monoisotopic (exact) mass is 845 g/mol. The summed E-state index contributed by atoms with van der Waals surface area (Å²) in [4.78, 5) is 8.38. The number of anilines is 7. The van der Waals surface area contributed by atoms with Gasteiger partial charge in [-0.15, -0.1) is 0 Å². The van der Waals surface area contributed by atoms with Crippen LogP contribution in [0.4, 0.5) is 39.8 Å². The van der Waals surface area contributed by atoms with E-state index in [0.717, 1.165) is 25.7 Å². The van der Waals surface area contributed by atoms with Gasteiger partial charge in [-0.05, 0) is 145 Å². The highest BCUT2D eigenvalue weighted by Gasteiger charge is 2.65. The fourth-order valence-corrected chi connectivity index (χ4v) is 14.7. The van der Waals surface area contributed by atoms with Crippen molar-refractivity contribution in [1.82, 2.24) is 0 Å². The van der Waals surface area contributed by atoms with Gasteiger partial charge in [0.1, 0.15) is 0 Å². The lowest BCUT2D eigenvalue weighted by Gasteiger charge is -2.55. The van der Waals surface area contributed by atoms with Crippen LogP contribution in [0.25, 0.3) is 0 Å². The van der Waals surface area contributed by atoms with Crippen molar-refractivity contribution >= 4 is 62.9 Å². The van der Waals surface area contributed by atoms with E-state index >= 15 is 0 Å². The van der Waals surface area contributed by atoms with E-state index in [1.54, 1.807) is 0 Å². The van der Waals surface area contributed by atoms with Crippen LogP contribution in [0.3, 0.4) is 0 Å². The fourth-order valence-electron chi connectivity index (χ4n) is 14.7. The van der Waals surface area contributed by atoms with Crippen molar-refractivity contribution in [2.45, 2.75) is 121 Å². The molecule has 2 aliphatic carbocycles. The molecule has 1 saturated carbocycles. The summed E-state index contributed by atoms with van der Waals surface area (Å²) in [5.41, 5.74) is 24.1. The van der Waals surface area contributed by atoms with Gasteiger partial charge >= 0.3 is 0 Å². The standard InChI is InChI=1S/C61H60BN3/c1-39-24-27-44(28-25-39)63-52-29-26-40(2)34-49(52)62-50-36-43(57(3,4)5)35-48-56(50)65(59(7)31-16-17-32-61(48,59)42-19-10-9-11-20-42)54-38-45(37-53(63)55(54)62)64-51-23-15-14-22-47(51)58(6)33-30-41-18-12-13-21-46(41)60(58,64)8/h9-15,18-29,34-38H,16-17,30-33H2,1-8H3. The van der Waals surface area contributed by atoms with Gasteiger partial charge in [0.2, 0.25) is 0 Å². The minimum Gasteiger partial charge on any atom is -0.335 e. The lowest BCUT2D eigenvalue weighted by Crippen LogP contribution is -2.65. The number of benzene rings is 7. The van der Waals surface area contributed by atoms with E-state index in [9.17, 15) is 0 Å². The highest BCUT2D eigenvalue weighted by Crippen LogP contribution is 2.67. The molecule has 322 valence electrons. The van der Waals surface area contributed by atoms with E-state index in [1.807, 2.05) is 0 Å². The summed E-state index contributed by atoms with van der Waals surface area (Å²) in [7, 11) is 0. The Morgan fingerprint density at radius 1 is 0.538 bits per heavy atom. The molecular formula is C61H60BN3. The summed E-state index contributed by atoms with van der Waals surface area (Å²) >= 11 is 0. The molecule has 0 spiro atoms. The highest BCUT2D eigenvalue weighted by atomic mass is 15.3. The number of hydrogen-bond acceptors (Lipinski definition) is 3. The normalized spacial score (nSPS) is 25.3. The predicted molar refractivity (Wildman–Crippen MR) is 275 cm³/mol. The molecule has 7 aromatic carbocycles. The minimum absolute atomic E-state index is 0.0333. The molecule has 0 radical (unpaired) electrons. The van der Waals surface area contributed by atoms with Gasteiger partial charge in [-0.3, -0.25) is 0 Å². The molecule has 13 rings (SSSR count). The molecule has 1 fully saturated rings. The Labute approximate surface area is 387 Å². The maximum atomic E-state index is 2.95. The van der Waals surface area contributed by atoms with Crippen molar-refractivity contribution in [3.8, 4) is 0 Å². The molecule has 4 unspecified atom stereocenters. The summed E-state index contributed by atoms with van der Waals surface area (Å²) in [5.74, 6) is 0.